The zero-order valence-corrected chi connectivity index (χ0v) is 41.3. The van der Waals surface area contributed by atoms with Gasteiger partial charge in [-0.3, -0.25) is 0 Å². The van der Waals surface area contributed by atoms with Crippen molar-refractivity contribution in [3.63, 3.8) is 0 Å². The number of hydrogen-bond donors (Lipinski definition) is 0. The van der Waals surface area contributed by atoms with Crippen LogP contribution in [0.4, 0.5) is 52.7 Å². The molecule has 6 aromatic rings. The van der Waals surface area contributed by atoms with Gasteiger partial charge in [-0.05, 0) is 0 Å². The van der Waals surface area contributed by atoms with Crippen LogP contribution in [0.2, 0.25) is 0 Å². The van der Waals surface area contributed by atoms with Crippen LogP contribution in [0, 0.1) is 69.8 Å². The first kappa shape index (κ1) is 52.2. The van der Waals surface area contributed by atoms with E-state index in [1.807, 2.05) is 0 Å². The summed E-state index contributed by atoms with van der Waals surface area (Å²) in [6.07, 6.45) is 18.5. The van der Waals surface area contributed by atoms with Gasteiger partial charge < -0.3 is 0 Å². The van der Waals surface area contributed by atoms with Crippen molar-refractivity contribution in [1.29, 1.82) is 0 Å². The summed E-state index contributed by atoms with van der Waals surface area (Å²) >= 11 is -4.99. The second kappa shape index (κ2) is 21.7. The quantitative estimate of drug-likeness (QED) is 0.0372. The van der Waals surface area contributed by atoms with Gasteiger partial charge in [0.05, 0.1) is 0 Å². The maximum atomic E-state index is 16.7. The van der Waals surface area contributed by atoms with Crippen LogP contribution < -0.4 is 14.2 Å². The van der Waals surface area contributed by atoms with E-state index in [-0.39, 0.29) is 34.2 Å². The first-order chi connectivity index (χ1) is 36.7. The van der Waals surface area contributed by atoms with Crippen molar-refractivity contribution in [2.45, 2.75) is 0 Å². The summed E-state index contributed by atoms with van der Waals surface area (Å²) in [6, 6.07) is 7.77. The Bertz CT molecular complexity index is 3210. The van der Waals surface area contributed by atoms with E-state index in [4.69, 9.17) is 14.2 Å². The Labute approximate surface area is 429 Å². The number of rotatable bonds is 18. The normalized spacial score (nSPS) is 15.3. The third-order valence-electron chi connectivity index (χ3n) is 11.7. The average Bonchev–Trinajstić information content (AvgIpc) is 4.36. The first-order valence-electron chi connectivity index (χ1n) is 22.3. The number of hydrogen-bond acceptors (Lipinski definition) is 6. The molecule has 0 saturated carbocycles. The minimum atomic E-state index is -4.99. The summed E-state index contributed by atoms with van der Waals surface area (Å²) in [5.74, 6) is -27.6. The van der Waals surface area contributed by atoms with Gasteiger partial charge in [0, 0.05) is 0 Å². The summed E-state index contributed by atoms with van der Waals surface area (Å²) in [6.45, 7) is 8.44. The van der Waals surface area contributed by atoms with E-state index >= 15 is 52.7 Å². The molecule has 9 rings (SSSR count). The predicted molar refractivity (Wildman–Crippen MR) is 262 cm³/mol. The predicted octanol–water partition coefficient (Wildman–Crippen LogP) is 12.6. The van der Waals surface area contributed by atoms with E-state index in [0.717, 1.165) is 18.2 Å². The SMILES string of the molecule is C=CCOc1c(F)c(F)c(/C(=C2\C=CC=N2)c2ccc[n]2[Ga]([n]2cccc2/C(=C2/C=CC=N2)c2c(F)c(F)c(OCC=C)c(F)c2F)[n]2cccc2/C(=C2/C=CC=N2)c2c(F)c(F)c(OCC=C)c(F)c2F)c(F)c1F. The monoisotopic (exact) mass is 1110 g/mol. The first-order valence-corrected chi connectivity index (χ1v) is 25.6. The van der Waals surface area contributed by atoms with Crippen molar-refractivity contribution < 1.29 is 66.9 Å². The van der Waals surface area contributed by atoms with E-state index in [0.29, 0.717) is 0 Å². The van der Waals surface area contributed by atoms with Crippen molar-refractivity contribution in [1.82, 2.24) is 9.82 Å². The molecule has 0 bridgehead atoms. The number of aliphatic imine (C=N–C) groups is 3. The molecule has 0 spiro atoms. The topological polar surface area (TPSA) is 79.6 Å². The fourth-order valence-electron chi connectivity index (χ4n) is 8.63. The molecule has 384 valence electrons. The summed E-state index contributed by atoms with van der Waals surface area (Å²) < 4.78 is 215. The van der Waals surface area contributed by atoms with Crippen LogP contribution in [-0.4, -0.2) is 65.2 Å². The summed E-state index contributed by atoms with van der Waals surface area (Å²) in [4.78, 5) is 12.7. The molecule has 0 aliphatic carbocycles. The Morgan fingerprint density at radius 3 is 0.868 bits per heavy atom. The summed E-state index contributed by atoms with van der Waals surface area (Å²) in [7, 11) is 0. The molecule has 3 aliphatic rings. The van der Waals surface area contributed by atoms with Crippen molar-refractivity contribution in [3.8, 4) is 17.2 Å². The Morgan fingerprint density at radius 2 is 0.658 bits per heavy atom. The van der Waals surface area contributed by atoms with E-state index in [1.165, 1.54) is 120 Å². The number of aromatic nitrogens is 3. The molecule has 0 atom stereocenters. The van der Waals surface area contributed by atoms with Gasteiger partial charge in [-0.1, -0.05) is 0 Å². The number of allylic oxidation sites excluding steroid dienone is 6. The van der Waals surface area contributed by atoms with Crippen LogP contribution in [-0.2, 0) is 0 Å². The van der Waals surface area contributed by atoms with Gasteiger partial charge >= 0.3 is 431 Å². The van der Waals surface area contributed by atoms with Crippen LogP contribution in [0.1, 0.15) is 33.8 Å². The van der Waals surface area contributed by atoms with E-state index in [1.54, 1.807) is 0 Å². The molecule has 6 heterocycles. The van der Waals surface area contributed by atoms with Crippen molar-refractivity contribution in [2.24, 2.45) is 15.0 Å². The molecule has 0 unspecified atom stereocenters. The molecule has 3 aromatic carbocycles. The number of benzene rings is 3. The van der Waals surface area contributed by atoms with Gasteiger partial charge in [-0.25, -0.2) is 0 Å². The maximum absolute atomic E-state index is 16.7. The number of ether oxygens (including phenoxy) is 3. The van der Waals surface area contributed by atoms with Crippen LogP contribution in [0.15, 0.2) is 161 Å². The standard InChI is InChI=1S/3C18H11F4N2O.Ga/c3*1-2-9-25-18-16(21)14(19)13(15(20)17(18)22)12(10-5-3-7-23-10)11-6-4-8-24-11;/h3*2-8H,1,9H2;/q3*-1;+3/b3*12-10+;. The van der Waals surface area contributed by atoms with Crippen LogP contribution in [0.3, 0.4) is 0 Å². The van der Waals surface area contributed by atoms with Crippen LogP contribution >= 0.6 is 0 Å². The van der Waals surface area contributed by atoms with E-state index in [9.17, 15) is 0 Å². The number of nitrogens with zero attached hydrogens (tertiary/aromatic N) is 6. The van der Waals surface area contributed by atoms with Crippen molar-refractivity contribution >= 4 is 52.3 Å². The Balaban J connectivity index is 1.39. The van der Waals surface area contributed by atoms with E-state index in [2.05, 4.69) is 34.7 Å². The molecular weight excluding hydrogens is 1080 g/mol. The van der Waals surface area contributed by atoms with Gasteiger partial charge in [0.1, 0.15) is 0 Å². The van der Waals surface area contributed by atoms with Gasteiger partial charge in [0.2, 0.25) is 0 Å². The molecule has 9 nitrogen and oxygen atoms in total. The number of halogens is 12. The average molecular weight is 1110 g/mol. The summed E-state index contributed by atoms with van der Waals surface area (Å²) in [5.41, 5.74) is -7.38. The fourth-order valence-corrected chi connectivity index (χ4v) is 14.8. The van der Waals surface area contributed by atoms with E-state index < -0.39 is 157 Å². The second-order valence-electron chi connectivity index (χ2n) is 16.1. The minimum absolute atomic E-state index is 0.276. The zero-order chi connectivity index (χ0) is 54.1. The molecule has 0 N–H and O–H groups in total. The van der Waals surface area contributed by atoms with Gasteiger partial charge in [-0.2, -0.15) is 0 Å². The second-order valence-corrected chi connectivity index (χ2v) is 21.1. The third kappa shape index (κ3) is 8.91. The van der Waals surface area contributed by atoms with Gasteiger partial charge in [0.15, 0.2) is 0 Å². The van der Waals surface area contributed by atoms with Crippen molar-refractivity contribution in [2.75, 3.05) is 19.8 Å². The Hall–Kier alpha value is -8.63. The molecule has 0 radical (unpaired) electrons. The molecule has 0 amide bonds. The van der Waals surface area contributed by atoms with Gasteiger partial charge in [0.25, 0.3) is 0 Å². The van der Waals surface area contributed by atoms with Crippen LogP contribution in [0.25, 0.3) is 16.7 Å². The molecule has 3 aliphatic heterocycles. The fraction of sp³-hybridized carbons (Fsp3) is 0.0556. The van der Waals surface area contributed by atoms with Crippen LogP contribution in [0.5, 0.6) is 17.2 Å². The Morgan fingerprint density at radius 1 is 0.408 bits per heavy atom. The zero-order valence-electron chi connectivity index (χ0n) is 38.9. The molecule has 3 aromatic heterocycles. The Kier molecular flexibility index (Phi) is 14.9. The summed E-state index contributed by atoms with van der Waals surface area (Å²) in [5, 5.41) is 0. The molecular formula is C54H33F12GaN6O3. The van der Waals surface area contributed by atoms with Crippen molar-refractivity contribution in [3.05, 3.63) is 250 Å². The molecule has 0 fully saturated rings. The van der Waals surface area contributed by atoms with Gasteiger partial charge in [-0.15, -0.1) is 0 Å². The third-order valence-corrected chi connectivity index (χ3v) is 17.7. The molecule has 76 heavy (non-hydrogen) atoms. The molecule has 22 heteroatoms. The molecule has 0 saturated heterocycles.